The first-order chi connectivity index (χ1) is 18.0. The molecule has 0 radical (unpaired) electrons. The first-order valence-corrected chi connectivity index (χ1v) is 11.4. The minimum Gasteiger partial charge on any atom is -0.496 e. The number of benzene rings is 1. The first kappa shape index (κ1) is 19.6. The van der Waals surface area contributed by atoms with Crippen molar-refractivity contribution in [1.29, 1.82) is 0 Å². The van der Waals surface area contributed by atoms with Crippen LogP contribution in [0.2, 0.25) is 5.02 Å². The van der Waals surface area contributed by atoms with Crippen LogP contribution in [0.3, 0.4) is 0 Å². The molecule has 35 heavy (non-hydrogen) atoms. The average molecular weight is 496 g/mol. The van der Waals surface area contributed by atoms with Crippen LogP contribution in [-0.2, 0) is 6.54 Å². The summed E-state index contributed by atoms with van der Waals surface area (Å²) < 4.78 is 28.7. The number of methoxy groups -OCH3 is 1. The highest BCUT2D eigenvalue weighted by atomic mass is 35.5. The molecule has 1 aliphatic heterocycles. The van der Waals surface area contributed by atoms with Gasteiger partial charge in [0.1, 0.15) is 11.4 Å². The van der Waals surface area contributed by atoms with Crippen molar-refractivity contribution in [1.82, 2.24) is 29.8 Å². The Kier molecular flexibility index (Phi) is 5.13. The van der Waals surface area contributed by atoms with Gasteiger partial charge in [-0.25, -0.2) is 4.52 Å². The second kappa shape index (κ2) is 9.16. The molecule has 10 heteroatoms. The van der Waals surface area contributed by atoms with E-state index in [2.05, 4.69) is 33.0 Å². The number of halogens is 1. The van der Waals surface area contributed by atoms with Crippen LogP contribution in [0.15, 0.2) is 47.5 Å². The van der Waals surface area contributed by atoms with Gasteiger partial charge in [-0.05, 0) is 29.2 Å². The highest BCUT2D eigenvalue weighted by Gasteiger charge is 2.22. The second-order valence-electron chi connectivity index (χ2n) is 8.53. The van der Waals surface area contributed by atoms with Crippen LogP contribution in [0.5, 0.6) is 5.75 Å². The highest BCUT2D eigenvalue weighted by Crippen LogP contribution is 2.31. The number of hydrogen-bond acceptors (Lipinski definition) is 6. The Morgan fingerprint density at radius 1 is 1.37 bits per heavy atom. The molecule has 0 aliphatic carbocycles. The number of aromatic amines is 1. The zero-order chi connectivity index (χ0) is 27.2. The minimum absolute atomic E-state index is 0.0478. The van der Waals surface area contributed by atoms with E-state index < -0.39 is 12.9 Å². The van der Waals surface area contributed by atoms with E-state index in [-0.39, 0.29) is 27.7 Å². The molecule has 1 aliphatic rings. The van der Waals surface area contributed by atoms with Crippen LogP contribution in [-0.4, -0.2) is 57.6 Å². The Labute approximate surface area is 210 Å². The number of nitrogens with zero attached hydrogens (tertiary/aromatic N) is 4. The Morgan fingerprint density at radius 2 is 2.23 bits per heavy atom. The van der Waals surface area contributed by atoms with Crippen molar-refractivity contribution in [2.24, 2.45) is 5.92 Å². The molecular weight excluding hydrogens is 468 g/mol. The van der Waals surface area contributed by atoms with Crippen LogP contribution in [0.4, 0.5) is 0 Å². The Bertz CT molecular complexity index is 1630. The molecule has 0 saturated carbocycles. The van der Waals surface area contributed by atoms with Crippen molar-refractivity contribution in [3.8, 4) is 5.75 Å². The van der Waals surface area contributed by atoms with Gasteiger partial charge < -0.3 is 15.0 Å². The fourth-order valence-electron chi connectivity index (χ4n) is 4.62. The van der Waals surface area contributed by atoms with Crippen molar-refractivity contribution in [2.45, 2.75) is 13.5 Å². The quantitative estimate of drug-likeness (QED) is 0.441. The van der Waals surface area contributed by atoms with Gasteiger partial charge in [0.15, 0.2) is 5.52 Å². The molecule has 180 valence electrons. The second-order valence-corrected chi connectivity index (χ2v) is 8.94. The fraction of sp³-hybridized carbons (Fsp3) is 0.280. The molecule has 1 aromatic carbocycles. The predicted molar refractivity (Wildman–Crippen MR) is 135 cm³/mol. The summed E-state index contributed by atoms with van der Waals surface area (Å²) in [5, 5.41) is 6.47. The number of hydrogen-bond donors (Lipinski definition) is 2. The van der Waals surface area contributed by atoms with Crippen molar-refractivity contribution in [3.63, 3.8) is 0 Å². The summed E-state index contributed by atoms with van der Waals surface area (Å²) >= 11 is 6.14. The van der Waals surface area contributed by atoms with Crippen LogP contribution in [0.25, 0.3) is 22.1 Å². The van der Waals surface area contributed by atoms with E-state index in [0.29, 0.717) is 29.9 Å². The lowest BCUT2D eigenvalue weighted by atomic mass is 9.91. The molecule has 0 fully saturated rings. The average Bonchev–Trinajstić information content (AvgIpc) is 3.25. The number of amides is 1. The number of pyridine rings is 1. The minimum atomic E-state index is -2.57. The summed E-state index contributed by atoms with van der Waals surface area (Å²) in [5.74, 6) is 0.107. The monoisotopic (exact) mass is 495 g/mol. The SMILES string of the molecule is [2H]C([2H])([2H])NC(=O)c1ccc(C2=CCN(Cc3cc4[nH]c(=O)c5c(Cl)cnn5c4cc3OC)CC2C)cn1. The first-order valence-electron chi connectivity index (χ1n) is 12.5. The number of ether oxygens (including phenoxy) is 1. The van der Waals surface area contributed by atoms with Crippen molar-refractivity contribution in [2.75, 3.05) is 27.2 Å². The van der Waals surface area contributed by atoms with Crippen LogP contribution < -0.4 is 15.6 Å². The zero-order valence-electron chi connectivity index (χ0n) is 22.1. The third-order valence-electron chi connectivity index (χ3n) is 6.28. The molecular formula is C25H25ClN6O3. The van der Waals surface area contributed by atoms with E-state index >= 15 is 0 Å². The van der Waals surface area contributed by atoms with Crippen molar-refractivity contribution in [3.05, 3.63) is 74.9 Å². The lowest BCUT2D eigenvalue weighted by Crippen LogP contribution is -2.33. The van der Waals surface area contributed by atoms with Gasteiger partial charge in [0.25, 0.3) is 11.5 Å². The number of fused-ring (bicyclic) bond motifs is 3. The molecule has 4 heterocycles. The molecule has 3 aromatic heterocycles. The molecule has 5 rings (SSSR count). The van der Waals surface area contributed by atoms with Gasteiger partial charge in [0.2, 0.25) is 0 Å². The maximum atomic E-state index is 12.6. The summed E-state index contributed by atoms with van der Waals surface area (Å²) in [6.45, 7) is 1.58. The third kappa shape index (κ3) is 4.17. The Balaban J connectivity index is 1.36. The van der Waals surface area contributed by atoms with E-state index in [1.807, 2.05) is 17.4 Å². The van der Waals surface area contributed by atoms with Crippen molar-refractivity contribution < 1.29 is 13.6 Å². The maximum absolute atomic E-state index is 12.6. The smallest absolute Gasteiger partial charge is 0.276 e. The molecule has 1 amide bonds. The molecule has 1 unspecified atom stereocenters. The van der Waals surface area contributed by atoms with Gasteiger partial charge in [-0.2, -0.15) is 5.10 Å². The van der Waals surface area contributed by atoms with Gasteiger partial charge in [-0.1, -0.05) is 30.7 Å². The summed E-state index contributed by atoms with van der Waals surface area (Å²) in [7, 11) is 1.61. The van der Waals surface area contributed by atoms with Crippen LogP contribution in [0, 0.1) is 5.92 Å². The highest BCUT2D eigenvalue weighted by molar-refractivity contribution is 6.33. The number of nitrogens with one attached hydrogen (secondary N) is 2. The van der Waals surface area contributed by atoms with Gasteiger partial charge in [0.05, 0.1) is 29.4 Å². The van der Waals surface area contributed by atoms with Gasteiger partial charge in [0, 0.05) is 48.5 Å². The predicted octanol–water partition coefficient (Wildman–Crippen LogP) is 3.13. The topological polar surface area (TPSA) is 105 Å². The van der Waals surface area contributed by atoms with Gasteiger partial charge in [-0.15, -0.1) is 0 Å². The zero-order valence-corrected chi connectivity index (χ0v) is 19.9. The number of H-pyrrole nitrogens is 1. The molecule has 2 N–H and O–H groups in total. The molecule has 0 bridgehead atoms. The van der Waals surface area contributed by atoms with E-state index in [1.165, 1.54) is 16.8 Å². The Morgan fingerprint density at radius 3 is 2.94 bits per heavy atom. The normalized spacial score (nSPS) is 18.1. The van der Waals surface area contributed by atoms with Crippen LogP contribution >= 0.6 is 11.6 Å². The summed E-state index contributed by atoms with van der Waals surface area (Å²) in [4.78, 5) is 33.9. The fourth-order valence-corrected chi connectivity index (χ4v) is 4.83. The largest absolute Gasteiger partial charge is 0.496 e. The lowest BCUT2D eigenvalue weighted by molar-refractivity contribution is 0.0958. The van der Waals surface area contributed by atoms with Crippen LogP contribution in [0.1, 0.15) is 32.7 Å². The van der Waals surface area contributed by atoms with Gasteiger partial charge >= 0.3 is 0 Å². The van der Waals surface area contributed by atoms with Gasteiger partial charge in [-0.3, -0.25) is 19.5 Å². The van der Waals surface area contributed by atoms with E-state index in [4.69, 9.17) is 20.5 Å². The Hall–Kier alpha value is -3.69. The number of carbonyl (C=O) groups excluding carboxylic acids is 1. The molecule has 4 aromatic rings. The summed E-state index contributed by atoms with van der Waals surface area (Å²) in [6, 6.07) is 7.06. The number of aromatic nitrogens is 4. The number of rotatable bonds is 5. The molecule has 0 spiro atoms. The molecule has 0 saturated heterocycles. The van der Waals surface area contributed by atoms with E-state index in [0.717, 1.165) is 23.2 Å². The maximum Gasteiger partial charge on any atom is 0.276 e. The third-order valence-corrected chi connectivity index (χ3v) is 6.56. The standard InChI is InChI=1S/C25H25ClN6O3/c1-14-12-31(7-6-17(14)15-4-5-19(28-10-15)24(33)27-2)13-16-8-20-21(9-22(16)35-3)32-23(25(34)30-20)18(26)11-29-32/h4-6,8-11,14H,7,12-13H2,1-3H3,(H,27,33)(H,30,34)/i2D3. The van der Waals surface area contributed by atoms with E-state index in [1.54, 1.807) is 19.4 Å². The lowest BCUT2D eigenvalue weighted by Gasteiger charge is -2.31. The number of carbonyl (C=O) groups is 1. The van der Waals surface area contributed by atoms with Crippen molar-refractivity contribution >= 4 is 39.6 Å². The van der Waals surface area contributed by atoms with E-state index in [9.17, 15) is 9.59 Å². The molecule has 1 atom stereocenters. The summed E-state index contributed by atoms with van der Waals surface area (Å²) in [6.07, 6.45) is 5.16. The molecule has 9 nitrogen and oxygen atoms in total. The summed E-state index contributed by atoms with van der Waals surface area (Å²) in [5.41, 5.74) is 4.24.